The molecule has 100 valence electrons. The van der Waals surface area contributed by atoms with E-state index >= 15 is 0 Å². The number of aryl methyl sites for hydroxylation is 1. The Labute approximate surface area is 121 Å². The molecule has 3 nitrogen and oxygen atoms in total. The molecule has 0 spiro atoms. The molecule has 0 aliphatic heterocycles. The summed E-state index contributed by atoms with van der Waals surface area (Å²) < 4.78 is 12.3. The third-order valence-electron chi connectivity index (χ3n) is 2.58. The van der Waals surface area contributed by atoms with Gasteiger partial charge in [0.2, 0.25) is 0 Å². The fraction of sp³-hybridized carbons (Fsp3) is 0.200. The van der Waals surface area contributed by atoms with Gasteiger partial charge in [-0.25, -0.2) is 0 Å². The van der Waals surface area contributed by atoms with Gasteiger partial charge in [-0.05, 0) is 37.6 Å². The van der Waals surface area contributed by atoms with Gasteiger partial charge in [-0.1, -0.05) is 15.9 Å². The average molecular weight is 322 g/mol. The minimum atomic E-state index is 0.598. The second-order valence-corrected chi connectivity index (χ2v) is 5.04. The number of rotatable bonds is 4. The summed E-state index contributed by atoms with van der Waals surface area (Å²) in [5.41, 5.74) is 7.57. The molecule has 0 aromatic heterocycles. The first-order valence-electron chi connectivity index (χ1n) is 6.06. The highest BCUT2D eigenvalue weighted by Gasteiger charge is 2.04. The minimum Gasteiger partial charge on any atom is -0.494 e. The summed E-state index contributed by atoms with van der Waals surface area (Å²) in [6.07, 6.45) is 0. The van der Waals surface area contributed by atoms with Gasteiger partial charge in [-0.2, -0.15) is 0 Å². The van der Waals surface area contributed by atoms with E-state index in [1.54, 1.807) is 12.1 Å². The third-order valence-corrected chi connectivity index (χ3v) is 3.47. The van der Waals surface area contributed by atoms with E-state index in [4.69, 9.17) is 15.2 Å². The van der Waals surface area contributed by atoms with E-state index < -0.39 is 0 Å². The smallest absolute Gasteiger partial charge is 0.133 e. The summed E-state index contributed by atoms with van der Waals surface area (Å²) in [4.78, 5) is 0. The molecule has 0 radical (unpaired) electrons. The molecule has 4 heteroatoms. The van der Waals surface area contributed by atoms with Crippen molar-refractivity contribution in [3.63, 3.8) is 0 Å². The van der Waals surface area contributed by atoms with E-state index in [-0.39, 0.29) is 0 Å². The van der Waals surface area contributed by atoms with Gasteiger partial charge in [0.05, 0.1) is 6.61 Å². The minimum absolute atomic E-state index is 0.598. The molecule has 0 bridgehead atoms. The van der Waals surface area contributed by atoms with Crippen molar-refractivity contribution < 1.29 is 9.47 Å². The molecule has 0 saturated carbocycles. The van der Waals surface area contributed by atoms with E-state index in [2.05, 4.69) is 15.9 Å². The molecular formula is C15H16BrNO2. The van der Waals surface area contributed by atoms with Crippen molar-refractivity contribution in [1.82, 2.24) is 0 Å². The van der Waals surface area contributed by atoms with Crippen molar-refractivity contribution in [3.05, 3.63) is 46.4 Å². The molecule has 19 heavy (non-hydrogen) atoms. The molecule has 2 N–H and O–H groups in total. The van der Waals surface area contributed by atoms with Crippen molar-refractivity contribution >= 4 is 21.6 Å². The first-order chi connectivity index (χ1) is 9.08. The second kappa shape index (κ2) is 5.97. The highest BCUT2D eigenvalue weighted by molar-refractivity contribution is 9.10. The van der Waals surface area contributed by atoms with Crippen LogP contribution in [0.25, 0.3) is 0 Å². The number of hydrogen-bond acceptors (Lipinski definition) is 3. The van der Waals surface area contributed by atoms with Gasteiger partial charge in [0, 0.05) is 28.4 Å². The maximum absolute atomic E-state index is 5.83. The van der Waals surface area contributed by atoms with Gasteiger partial charge in [0.1, 0.15) is 17.2 Å². The third kappa shape index (κ3) is 3.64. The second-order valence-electron chi connectivity index (χ2n) is 4.18. The van der Waals surface area contributed by atoms with Crippen molar-refractivity contribution in [2.75, 3.05) is 12.3 Å². The lowest BCUT2D eigenvalue weighted by Gasteiger charge is -2.10. The quantitative estimate of drug-likeness (QED) is 0.841. The number of nitrogens with two attached hydrogens (primary N) is 1. The van der Waals surface area contributed by atoms with E-state index in [1.807, 2.05) is 38.1 Å². The van der Waals surface area contributed by atoms with Crippen LogP contribution in [-0.4, -0.2) is 6.61 Å². The lowest BCUT2D eigenvalue weighted by Crippen LogP contribution is -1.95. The van der Waals surface area contributed by atoms with Crippen molar-refractivity contribution in [3.8, 4) is 17.2 Å². The molecule has 0 amide bonds. The largest absolute Gasteiger partial charge is 0.494 e. The Hall–Kier alpha value is -1.68. The fourth-order valence-electron chi connectivity index (χ4n) is 1.72. The van der Waals surface area contributed by atoms with Crippen LogP contribution in [0.3, 0.4) is 0 Å². The first kappa shape index (κ1) is 13.7. The highest BCUT2D eigenvalue weighted by Crippen LogP contribution is 2.30. The molecule has 0 aliphatic rings. The number of ether oxygens (including phenoxy) is 2. The standard InChI is InChI=1S/C15H16BrNO2/c1-3-18-13-7-11(17)8-14(9-13)19-12-4-5-15(16)10(2)6-12/h4-9H,3,17H2,1-2H3. The number of anilines is 1. The zero-order valence-corrected chi connectivity index (χ0v) is 12.5. The van der Waals surface area contributed by atoms with Gasteiger partial charge in [0.25, 0.3) is 0 Å². The number of nitrogen functional groups attached to an aromatic ring is 1. The maximum Gasteiger partial charge on any atom is 0.133 e. The van der Waals surface area contributed by atoms with Crippen LogP contribution in [0.1, 0.15) is 12.5 Å². The summed E-state index contributed by atoms with van der Waals surface area (Å²) in [6.45, 7) is 4.55. The summed E-state index contributed by atoms with van der Waals surface area (Å²) in [6, 6.07) is 11.2. The van der Waals surface area contributed by atoms with Crippen LogP contribution in [-0.2, 0) is 0 Å². The van der Waals surface area contributed by atoms with Gasteiger partial charge in [-0.3, -0.25) is 0 Å². The van der Waals surface area contributed by atoms with Crippen LogP contribution < -0.4 is 15.2 Å². The molecular weight excluding hydrogens is 306 g/mol. The Balaban J connectivity index is 2.24. The van der Waals surface area contributed by atoms with Crippen molar-refractivity contribution in [2.45, 2.75) is 13.8 Å². The Morgan fingerprint density at radius 3 is 2.47 bits per heavy atom. The SMILES string of the molecule is CCOc1cc(N)cc(Oc2ccc(Br)c(C)c2)c1. The van der Waals surface area contributed by atoms with Crippen LogP contribution in [0.2, 0.25) is 0 Å². The molecule has 2 aromatic carbocycles. The number of halogens is 1. The van der Waals surface area contributed by atoms with Gasteiger partial charge in [-0.15, -0.1) is 0 Å². The lowest BCUT2D eigenvalue weighted by molar-refractivity contribution is 0.338. The summed E-state index contributed by atoms with van der Waals surface area (Å²) in [5, 5.41) is 0. The monoisotopic (exact) mass is 321 g/mol. The molecule has 2 rings (SSSR count). The number of hydrogen-bond donors (Lipinski definition) is 1. The Kier molecular flexibility index (Phi) is 4.32. The Morgan fingerprint density at radius 2 is 1.79 bits per heavy atom. The van der Waals surface area contributed by atoms with Crippen LogP contribution in [0.15, 0.2) is 40.9 Å². The van der Waals surface area contributed by atoms with E-state index in [1.165, 1.54) is 0 Å². The topological polar surface area (TPSA) is 44.5 Å². The Bertz CT molecular complexity index is 584. The van der Waals surface area contributed by atoms with Crippen molar-refractivity contribution in [2.24, 2.45) is 0 Å². The highest BCUT2D eigenvalue weighted by atomic mass is 79.9. The zero-order chi connectivity index (χ0) is 13.8. The van der Waals surface area contributed by atoms with Gasteiger partial charge in [0.15, 0.2) is 0 Å². The Morgan fingerprint density at radius 1 is 1.05 bits per heavy atom. The molecule has 0 aliphatic carbocycles. The molecule has 0 saturated heterocycles. The molecule has 0 heterocycles. The lowest BCUT2D eigenvalue weighted by atomic mass is 10.2. The van der Waals surface area contributed by atoms with E-state index in [0.717, 1.165) is 15.8 Å². The van der Waals surface area contributed by atoms with Crippen molar-refractivity contribution in [1.29, 1.82) is 0 Å². The fourth-order valence-corrected chi connectivity index (χ4v) is 1.97. The summed E-state index contributed by atoms with van der Waals surface area (Å²) >= 11 is 3.46. The predicted octanol–water partition coefficient (Wildman–Crippen LogP) is 4.53. The number of benzene rings is 2. The maximum atomic E-state index is 5.83. The van der Waals surface area contributed by atoms with Crippen LogP contribution in [0, 0.1) is 6.92 Å². The van der Waals surface area contributed by atoms with Crippen LogP contribution in [0.4, 0.5) is 5.69 Å². The zero-order valence-electron chi connectivity index (χ0n) is 10.9. The average Bonchev–Trinajstić information content (AvgIpc) is 2.33. The van der Waals surface area contributed by atoms with Gasteiger partial charge < -0.3 is 15.2 Å². The van der Waals surface area contributed by atoms with Crippen LogP contribution in [0.5, 0.6) is 17.2 Å². The van der Waals surface area contributed by atoms with E-state index in [0.29, 0.717) is 23.8 Å². The summed E-state index contributed by atoms with van der Waals surface area (Å²) in [7, 11) is 0. The molecule has 0 fully saturated rings. The summed E-state index contributed by atoms with van der Waals surface area (Å²) in [5.74, 6) is 2.16. The van der Waals surface area contributed by atoms with Gasteiger partial charge >= 0.3 is 0 Å². The van der Waals surface area contributed by atoms with E-state index in [9.17, 15) is 0 Å². The molecule has 2 aromatic rings. The first-order valence-corrected chi connectivity index (χ1v) is 6.85. The normalized spacial score (nSPS) is 10.3. The molecule has 0 atom stereocenters. The molecule has 0 unspecified atom stereocenters. The van der Waals surface area contributed by atoms with Crippen LogP contribution >= 0.6 is 15.9 Å². The predicted molar refractivity (Wildman–Crippen MR) is 81.0 cm³/mol.